The SMILES string of the molecule is C=CCc1c(OS(C)(=O)=O)ccc2c1c(S(=O)(=O)c1ccc(C)cc1)cn2C. The number of hydrogen-bond acceptors (Lipinski definition) is 5. The lowest BCUT2D eigenvalue weighted by molar-refractivity contribution is 0.491. The molecule has 0 aliphatic rings. The predicted octanol–water partition coefficient (Wildman–Crippen LogP) is 3.39. The zero-order valence-electron chi connectivity index (χ0n) is 15.8. The fourth-order valence-electron chi connectivity index (χ4n) is 3.13. The van der Waals surface area contributed by atoms with Crippen molar-refractivity contribution in [2.75, 3.05) is 6.26 Å². The fraction of sp³-hybridized carbons (Fsp3) is 0.200. The van der Waals surface area contributed by atoms with Crippen LogP contribution in [0.25, 0.3) is 10.9 Å². The van der Waals surface area contributed by atoms with Gasteiger partial charge in [-0.3, -0.25) is 0 Å². The molecule has 0 spiro atoms. The zero-order chi connectivity index (χ0) is 20.7. The summed E-state index contributed by atoms with van der Waals surface area (Å²) < 4.78 is 56.8. The Morgan fingerprint density at radius 2 is 1.71 bits per heavy atom. The normalized spacial score (nSPS) is 12.2. The number of rotatable bonds is 6. The van der Waals surface area contributed by atoms with E-state index in [1.807, 2.05) is 6.92 Å². The van der Waals surface area contributed by atoms with Gasteiger partial charge in [-0.1, -0.05) is 23.8 Å². The number of allylic oxidation sites excluding steroid dienone is 1. The van der Waals surface area contributed by atoms with Crippen molar-refractivity contribution < 1.29 is 21.0 Å². The summed E-state index contributed by atoms with van der Waals surface area (Å²) in [6.45, 7) is 5.59. The lowest BCUT2D eigenvalue weighted by atomic mass is 10.1. The molecule has 0 bridgehead atoms. The van der Waals surface area contributed by atoms with E-state index in [1.54, 1.807) is 48.0 Å². The molecule has 3 rings (SSSR count). The van der Waals surface area contributed by atoms with Crippen LogP contribution in [0.4, 0.5) is 0 Å². The maximum Gasteiger partial charge on any atom is 0.306 e. The zero-order valence-corrected chi connectivity index (χ0v) is 17.5. The van der Waals surface area contributed by atoms with Gasteiger partial charge in [0.2, 0.25) is 9.84 Å². The molecule has 0 saturated heterocycles. The fourth-order valence-corrected chi connectivity index (χ4v) is 5.16. The van der Waals surface area contributed by atoms with Gasteiger partial charge in [0, 0.05) is 29.7 Å². The van der Waals surface area contributed by atoms with Crippen molar-refractivity contribution in [2.24, 2.45) is 7.05 Å². The van der Waals surface area contributed by atoms with Crippen molar-refractivity contribution in [3.63, 3.8) is 0 Å². The number of hydrogen-bond donors (Lipinski definition) is 0. The Bertz CT molecular complexity index is 1270. The highest BCUT2D eigenvalue weighted by Gasteiger charge is 2.26. The molecule has 0 N–H and O–H groups in total. The standard InChI is InChI=1S/C20H21NO5S2/c1-5-6-16-18(26-27(4,22)23)12-11-17-20(16)19(13-21(17)3)28(24,25)15-9-7-14(2)8-10-15/h5,7-13H,1,6H2,2-4H3. The Morgan fingerprint density at radius 1 is 1.07 bits per heavy atom. The van der Waals surface area contributed by atoms with Gasteiger partial charge in [0.25, 0.3) is 0 Å². The van der Waals surface area contributed by atoms with Crippen LogP contribution in [-0.2, 0) is 33.4 Å². The first-order valence-corrected chi connectivity index (χ1v) is 11.8. The van der Waals surface area contributed by atoms with Gasteiger partial charge in [0.15, 0.2) is 0 Å². The van der Waals surface area contributed by atoms with E-state index in [-0.39, 0.29) is 22.0 Å². The van der Waals surface area contributed by atoms with E-state index in [9.17, 15) is 16.8 Å². The molecular formula is C20H21NO5S2. The smallest absolute Gasteiger partial charge is 0.306 e. The summed E-state index contributed by atoms with van der Waals surface area (Å²) in [5.74, 6) is 0.0986. The van der Waals surface area contributed by atoms with Crippen molar-refractivity contribution in [3.05, 3.63) is 66.4 Å². The summed E-state index contributed by atoms with van der Waals surface area (Å²) >= 11 is 0. The van der Waals surface area contributed by atoms with Crippen molar-refractivity contribution in [1.82, 2.24) is 4.57 Å². The molecule has 0 aliphatic carbocycles. The maximum atomic E-state index is 13.3. The lowest BCUT2D eigenvalue weighted by Gasteiger charge is -2.12. The average molecular weight is 420 g/mol. The Kier molecular flexibility index (Phi) is 5.12. The van der Waals surface area contributed by atoms with E-state index in [1.165, 1.54) is 12.3 Å². The predicted molar refractivity (Wildman–Crippen MR) is 109 cm³/mol. The summed E-state index contributed by atoms with van der Waals surface area (Å²) in [5, 5.41) is 0.434. The molecule has 28 heavy (non-hydrogen) atoms. The molecule has 0 radical (unpaired) electrons. The third-order valence-corrected chi connectivity index (χ3v) is 6.66. The second-order valence-corrected chi connectivity index (χ2v) is 10.1. The van der Waals surface area contributed by atoms with Gasteiger partial charge < -0.3 is 8.75 Å². The van der Waals surface area contributed by atoms with E-state index >= 15 is 0 Å². The summed E-state index contributed by atoms with van der Waals surface area (Å²) in [6.07, 6.45) is 4.32. The summed E-state index contributed by atoms with van der Waals surface area (Å²) in [4.78, 5) is 0.272. The number of nitrogens with zero attached hydrogens (tertiary/aromatic N) is 1. The van der Waals surface area contributed by atoms with Gasteiger partial charge in [-0.2, -0.15) is 8.42 Å². The maximum absolute atomic E-state index is 13.3. The minimum atomic E-state index is -3.82. The minimum absolute atomic E-state index is 0.0986. The Balaban J connectivity index is 2.36. The monoisotopic (exact) mass is 419 g/mol. The average Bonchev–Trinajstić information content (AvgIpc) is 2.94. The molecule has 6 nitrogen and oxygen atoms in total. The van der Waals surface area contributed by atoms with E-state index in [0.717, 1.165) is 11.8 Å². The molecule has 8 heteroatoms. The first kappa shape index (κ1) is 20.2. The van der Waals surface area contributed by atoms with Gasteiger partial charge >= 0.3 is 10.1 Å². The lowest BCUT2D eigenvalue weighted by Crippen LogP contribution is -2.08. The van der Waals surface area contributed by atoms with Crippen LogP contribution in [0.5, 0.6) is 5.75 Å². The Hall–Kier alpha value is -2.58. The number of benzene rings is 2. The van der Waals surface area contributed by atoms with E-state index < -0.39 is 20.0 Å². The summed E-state index contributed by atoms with van der Waals surface area (Å²) in [6, 6.07) is 9.78. The Labute approximate surface area is 165 Å². The first-order chi connectivity index (χ1) is 13.0. The van der Waals surface area contributed by atoms with Gasteiger partial charge in [0.05, 0.1) is 16.0 Å². The van der Waals surface area contributed by atoms with E-state index in [4.69, 9.17) is 4.18 Å². The van der Waals surface area contributed by atoms with Crippen LogP contribution < -0.4 is 4.18 Å². The highest BCUT2D eigenvalue weighted by Crippen LogP contribution is 2.37. The molecular weight excluding hydrogens is 398 g/mol. The second kappa shape index (κ2) is 7.10. The molecule has 0 unspecified atom stereocenters. The van der Waals surface area contributed by atoms with Crippen LogP contribution in [0.1, 0.15) is 11.1 Å². The van der Waals surface area contributed by atoms with Gasteiger partial charge in [0.1, 0.15) is 5.75 Å². The molecule has 0 fully saturated rings. The number of aryl methyl sites for hydroxylation is 2. The topological polar surface area (TPSA) is 82.4 Å². The number of fused-ring (bicyclic) bond motifs is 1. The van der Waals surface area contributed by atoms with Gasteiger partial charge in [-0.25, -0.2) is 8.42 Å². The van der Waals surface area contributed by atoms with Crippen LogP contribution in [0.15, 0.2) is 65.0 Å². The molecule has 0 atom stereocenters. The van der Waals surface area contributed by atoms with Crippen LogP contribution in [0.3, 0.4) is 0 Å². The molecule has 2 aromatic carbocycles. The molecule has 0 saturated carbocycles. The molecule has 0 amide bonds. The molecule has 0 aliphatic heterocycles. The first-order valence-electron chi connectivity index (χ1n) is 8.47. The van der Waals surface area contributed by atoms with Crippen molar-refractivity contribution in [3.8, 4) is 5.75 Å². The highest BCUT2D eigenvalue weighted by atomic mass is 32.2. The molecule has 148 valence electrons. The van der Waals surface area contributed by atoms with Crippen LogP contribution in [0, 0.1) is 6.92 Å². The van der Waals surface area contributed by atoms with Crippen LogP contribution in [0.2, 0.25) is 0 Å². The molecule has 3 aromatic rings. The summed E-state index contributed by atoms with van der Waals surface area (Å²) in [5.41, 5.74) is 2.07. The third kappa shape index (κ3) is 3.70. The molecule has 1 aromatic heterocycles. The quantitative estimate of drug-likeness (QED) is 0.452. The van der Waals surface area contributed by atoms with Crippen LogP contribution in [-0.4, -0.2) is 27.7 Å². The van der Waals surface area contributed by atoms with Crippen molar-refractivity contribution in [1.29, 1.82) is 0 Å². The van der Waals surface area contributed by atoms with Gasteiger partial charge in [-0.05, 0) is 37.6 Å². The van der Waals surface area contributed by atoms with E-state index in [0.29, 0.717) is 16.5 Å². The van der Waals surface area contributed by atoms with Crippen molar-refractivity contribution >= 4 is 30.9 Å². The largest absolute Gasteiger partial charge is 0.382 e. The van der Waals surface area contributed by atoms with Gasteiger partial charge in [-0.15, -0.1) is 6.58 Å². The second-order valence-electron chi connectivity index (χ2n) is 6.64. The number of aromatic nitrogens is 1. The molecule has 1 heterocycles. The van der Waals surface area contributed by atoms with E-state index in [2.05, 4.69) is 6.58 Å². The number of sulfone groups is 1. The van der Waals surface area contributed by atoms with Crippen molar-refractivity contribution in [2.45, 2.75) is 23.1 Å². The third-order valence-electron chi connectivity index (χ3n) is 4.40. The minimum Gasteiger partial charge on any atom is -0.382 e. The Morgan fingerprint density at radius 3 is 2.29 bits per heavy atom. The summed E-state index contributed by atoms with van der Waals surface area (Å²) in [7, 11) is -5.86. The van der Waals surface area contributed by atoms with Crippen LogP contribution >= 0.6 is 0 Å². The highest BCUT2D eigenvalue weighted by molar-refractivity contribution is 7.91.